The summed E-state index contributed by atoms with van der Waals surface area (Å²) in [6.07, 6.45) is 21.1. The molecular formula is C25H44N2O4S. The van der Waals surface area contributed by atoms with Gasteiger partial charge in [-0.1, -0.05) is 103 Å². The van der Waals surface area contributed by atoms with Gasteiger partial charge in [-0.3, -0.25) is 4.55 Å². The Balaban J connectivity index is 1.88. The Morgan fingerprint density at radius 3 is 1.53 bits per heavy atom. The largest absolute Gasteiger partial charge is 0.338 e. The summed E-state index contributed by atoms with van der Waals surface area (Å²) in [4.78, 5) is 11.7. The molecule has 6 nitrogen and oxygen atoms in total. The first-order valence-electron chi connectivity index (χ1n) is 12.6. The topological polar surface area (TPSA) is 95.5 Å². The number of carbonyl (C=O) groups excluding carboxylic acids is 1. The maximum atomic E-state index is 11.9. The van der Waals surface area contributed by atoms with Crippen LogP contribution in [0.1, 0.15) is 110 Å². The molecule has 0 aliphatic heterocycles. The first-order valence-corrected chi connectivity index (χ1v) is 14.0. The van der Waals surface area contributed by atoms with Crippen LogP contribution in [0.25, 0.3) is 0 Å². The number of urea groups is 1. The molecule has 0 unspecified atom stereocenters. The van der Waals surface area contributed by atoms with Gasteiger partial charge in [0.05, 0.1) is 4.90 Å². The number of hydrogen-bond donors (Lipinski definition) is 3. The van der Waals surface area contributed by atoms with Gasteiger partial charge in [0.1, 0.15) is 0 Å². The predicted molar refractivity (Wildman–Crippen MR) is 133 cm³/mol. The summed E-state index contributed by atoms with van der Waals surface area (Å²) >= 11 is 0. The van der Waals surface area contributed by atoms with E-state index in [0.717, 1.165) is 12.8 Å². The van der Waals surface area contributed by atoms with Crippen molar-refractivity contribution >= 4 is 21.8 Å². The number of anilines is 1. The third-order valence-corrected chi connectivity index (χ3v) is 6.59. The van der Waals surface area contributed by atoms with Gasteiger partial charge < -0.3 is 10.6 Å². The minimum Gasteiger partial charge on any atom is -0.338 e. The van der Waals surface area contributed by atoms with E-state index in [1.165, 1.54) is 114 Å². The fourth-order valence-corrected chi connectivity index (χ4v) is 4.24. The van der Waals surface area contributed by atoms with Gasteiger partial charge in [0.15, 0.2) is 0 Å². The molecule has 1 aromatic carbocycles. The van der Waals surface area contributed by atoms with Gasteiger partial charge in [0, 0.05) is 12.2 Å². The molecule has 2 amide bonds. The van der Waals surface area contributed by atoms with Crippen LogP contribution in [-0.4, -0.2) is 25.5 Å². The lowest BCUT2D eigenvalue weighted by Crippen LogP contribution is -2.29. The van der Waals surface area contributed by atoms with Crippen LogP contribution in [0, 0.1) is 0 Å². The normalized spacial score (nSPS) is 11.4. The summed E-state index contributed by atoms with van der Waals surface area (Å²) in [7, 11) is -4.22. The molecule has 1 aromatic rings. The first-order chi connectivity index (χ1) is 15.4. The number of carbonyl (C=O) groups is 1. The second-order valence-corrected chi connectivity index (χ2v) is 10.1. The van der Waals surface area contributed by atoms with Crippen LogP contribution in [0.3, 0.4) is 0 Å². The van der Waals surface area contributed by atoms with E-state index in [2.05, 4.69) is 17.6 Å². The maximum absolute atomic E-state index is 11.9. The number of unbranched alkanes of at least 4 members (excludes halogenated alkanes) is 15. The molecule has 32 heavy (non-hydrogen) atoms. The lowest BCUT2D eigenvalue weighted by molar-refractivity contribution is 0.252. The molecule has 0 aliphatic carbocycles. The Bertz CT molecular complexity index is 705. The molecule has 7 heteroatoms. The monoisotopic (exact) mass is 468 g/mol. The van der Waals surface area contributed by atoms with Crippen LogP contribution in [0.15, 0.2) is 29.2 Å². The summed E-state index contributed by atoms with van der Waals surface area (Å²) < 4.78 is 31.0. The Hall–Kier alpha value is -1.60. The second-order valence-electron chi connectivity index (χ2n) is 8.68. The summed E-state index contributed by atoms with van der Waals surface area (Å²) in [6, 6.07) is 5.07. The van der Waals surface area contributed by atoms with Gasteiger partial charge >= 0.3 is 6.03 Å². The molecule has 1 rings (SSSR count). The zero-order valence-corrected chi connectivity index (χ0v) is 20.7. The van der Waals surface area contributed by atoms with Crippen molar-refractivity contribution in [3.63, 3.8) is 0 Å². The van der Waals surface area contributed by atoms with Gasteiger partial charge in [-0.2, -0.15) is 8.42 Å². The predicted octanol–water partition coefficient (Wildman–Crippen LogP) is 7.32. The van der Waals surface area contributed by atoms with Crippen LogP contribution >= 0.6 is 0 Å². The van der Waals surface area contributed by atoms with Crippen LogP contribution < -0.4 is 10.6 Å². The van der Waals surface area contributed by atoms with Gasteiger partial charge in [0.25, 0.3) is 10.1 Å². The van der Waals surface area contributed by atoms with Crippen LogP contribution in [0.4, 0.5) is 10.5 Å². The number of amides is 2. The first kappa shape index (κ1) is 28.4. The molecule has 0 radical (unpaired) electrons. The van der Waals surface area contributed by atoms with Crippen molar-refractivity contribution in [2.24, 2.45) is 0 Å². The average Bonchev–Trinajstić information content (AvgIpc) is 2.75. The highest BCUT2D eigenvalue weighted by molar-refractivity contribution is 7.85. The van der Waals surface area contributed by atoms with E-state index < -0.39 is 10.1 Å². The lowest BCUT2D eigenvalue weighted by Gasteiger charge is -2.08. The number of hydrogen-bond acceptors (Lipinski definition) is 3. The molecule has 3 N–H and O–H groups in total. The highest BCUT2D eigenvalue weighted by Gasteiger charge is 2.09. The van der Waals surface area contributed by atoms with Gasteiger partial charge in [-0.25, -0.2) is 4.79 Å². The highest BCUT2D eigenvalue weighted by Crippen LogP contribution is 2.15. The summed E-state index contributed by atoms with van der Waals surface area (Å²) in [6.45, 7) is 2.88. The SMILES string of the molecule is CCCCCCCCCCCCCCCCCCNC(=O)Nc1ccc(S(=O)(=O)O)cc1. The number of nitrogens with one attached hydrogen (secondary N) is 2. The molecule has 0 spiro atoms. The molecule has 0 aliphatic rings. The van der Waals surface area contributed by atoms with E-state index in [1.807, 2.05) is 0 Å². The zero-order chi connectivity index (χ0) is 23.5. The summed E-state index contributed by atoms with van der Waals surface area (Å²) in [5.41, 5.74) is 0.474. The van der Waals surface area contributed by atoms with Gasteiger partial charge in [-0.05, 0) is 30.7 Å². The summed E-state index contributed by atoms with van der Waals surface area (Å²) in [5.74, 6) is 0. The van der Waals surface area contributed by atoms with Crippen molar-refractivity contribution in [2.75, 3.05) is 11.9 Å². The summed E-state index contributed by atoms with van der Waals surface area (Å²) in [5, 5.41) is 5.46. The second kappa shape index (κ2) is 17.9. The average molecular weight is 469 g/mol. The molecule has 0 atom stereocenters. The van der Waals surface area contributed by atoms with Crippen molar-refractivity contribution in [2.45, 2.75) is 115 Å². The van der Waals surface area contributed by atoms with E-state index in [4.69, 9.17) is 4.55 Å². The van der Waals surface area contributed by atoms with Gasteiger partial charge in [-0.15, -0.1) is 0 Å². The van der Waals surface area contributed by atoms with Crippen LogP contribution in [0.5, 0.6) is 0 Å². The Morgan fingerprint density at radius 1 is 0.719 bits per heavy atom. The quantitative estimate of drug-likeness (QED) is 0.146. The van der Waals surface area contributed by atoms with E-state index in [-0.39, 0.29) is 10.9 Å². The Labute approximate surface area is 195 Å². The zero-order valence-electron chi connectivity index (χ0n) is 19.9. The standard InChI is InChI=1S/C25H44N2O4S/c1-2-3-4-5-6-7-8-9-10-11-12-13-14-15-16-17-22-26-25(28)27-23-18-20-24(21-19-23)32(29,30)31/h18-21H,2-17,22H2,1H3,(H2,26,27,28)(H,29,30,31). The van der Waals surface area contributed by atoms with Crippen molar-refractivity contribution in [3.05, 3.63) is 24.3 Å². The molecule has 0 fully saturated rings. The van der Waals surface area contributed by atoms with E-state index in [0.29, 0.717) is 12.2 Å². The van der Waals surface area contributed by atoms with Crippen LogP contribution in [-0.2, 0) is 10.1 Å². The fourth-order valence-electron chi connectivity index (χ4n) is 3.76. The van der Waals surface area contributed by atoms with E-state index >= 15 is 0 Å². The lowest BCUT2D eigenvalue weighted by atomic mass is 10.0. The third-order valence-electron chi connectivity index (χ3n) is 5.73. The third kappa shape index (κ3) is 15.2. The van der Waals surface area contributed by atoms with Crippen molar-refractivity contribution in [1.82, 2.24) is 5.32 Å². The maximum Gasteiger partial charge on any atom is 0.319 e. The Kier molecular flexibility index (Phi) is 15.9. The van der Waals surface area contributed by atoms with E-state index in [1.54, 1.807) is 0 Å². The molecule has 184 valence electrons. The fraction of sp³-hybridized carbons (Fsp3) is 0.720. The molecule has 0 saturated carbocycles. The van der Waals surface area contributed by atoms with Crippen molar-refractivity contribution in [1.29, 1.82) is 0 Å². The van der Waals surface area contributed by atoms with Crippen molar-refractivity contribution < 1.29 is 17.8 Å². The minimum absolute atomic E-state index is 0.198. The molecule has 0 heterocycles. The van der Waals surface area contributed by atoms with Crippen molar-refractivity contribution in [3.8, 4) is 0 Å². The smallest absolute Gasteiger partial charge is 0.319 e. The Morgan fingerprint density at radius 2 is 1.12 bits per heavy atom. The van der Waals surface area contributed by atoms with Gasteiger partial charge in [0.2, 0.25) is 0 Å². The number of rotatable bonds is 19. The molecule has 0 bridgehead atoms. The molecule has 0 saturated heterocycles. The molecule has 0 aromatic heterocycles. The number of benzene rings is 1. The van der Waals surface area contributed by atoms with E-state index in [9.17, 15) is 13.2 Å². The minimum atomic E-state index is -4.22. The molecular weight excluding hydrogens is 424 g/mol. The highest BCUT2D eigenvalue weighted by atomic mass is 32.2. The van der Waals surface area contributed by atoms with Crippen LogP contribution in [0.2, 0.25) is 0 Å².